The maximum atomic E-state index is 5.46. The first kappa shape index (κ1) is 14.8. The van der Waals surface area contributed by atoms with E-state index in [1.165, 1.54) is 0 Å². The maximum Gasteiger partial charge on any atom is 0.323 e. The fourth-order valence-corrected chi connectivity index (χ4v) is 2.02. The van der Waals surface area contributed by atoms with E-state index in [-0.39, 0.29) is 0 Å². The molecule has 2 N–H and O–H groups in total. The highest BCUT2D eigenvalue weighted by Crippen LogP contribution is 2.18. The van der Waals surface area contributed by atoms with Crippen LogP contribution in [0.1, 0.15) is 13.3 Å². The van der Waals surface area contributed by atoms with Crippen molar-refractivity contribution in [3.8, 4) is 6.01 Å². The number of hydrogen-bond acceptors (Lipinski definition) is 6. The van der Waals surface area contributed by atoms with Crippen LogP contribution < -0.4 is 15.4 Å². The van der Waals surface area contributed by atoms with Crippen molar-refractivity contribution in [3.63, 3.8) is 0 Å². The van der Waals surface area contributed by atoms with Gasteiger partial charge in [0, 0.05) is 16.3 Å². The van der Waals surface area contributed by atoms with E-state index in [0.717, 1.165) is 15.7 Å². The molecule has 1 heterocycles. The van der Waals surface area contributed by atoms with Crippen LogP contribution in [0.4, 0.5) is 17.6 Å². The van der Waals surface area contributed by atoms with Crippen LogP contribution in [-0.2, 0) is 0 Å². The summed E-state index contributed by atoms with van der Waals surface area (Å²) in [7, 11) is 1.76. The van der Waals surface area contributed by atoms with Gasteiger partial charge < -0.3 is 15.4 Å². The Labute approximate surface area is 131 Å². The fraction of sp³-hybridized carbons (Fsp3) is 0.308. The zero-order valence-corrected chi connectivity index (χ0v) is 13.5. The summed E-state index contributed by atoms with van der Waals surface area (Å²) in [6.07, 6.45) is 0.903. The molecule has 0 aliphatic heterocycles. The van der Waals surface area contributed by atoms with Gasteiger partial charge in [-0.05, 0) is 47.2 Å². The highest BCUT2D eigenvalue weighted by atomic mass is 127. The van der Waals surface area contributed by atoms with E-state index in [1.807, 2.05) is 31.2 Å². The summed E-state index contributed by atoms with van der Waals surface area (Å²) >= 11 is 2.26. The number of nitrogens with zero attached hydrogens (tertiary/aromatic N) is 3. The minimum absolute atomic E-state index is 0.319. The fourth-order valence-electron chi connectivity index (χ4n) is 1.48. The molecule has 0 atom stereocenters. The molecule has 20 heavy (non-hydrogen) atoms. The number of aromatic nitrogens is 3. The van der Waals surface area contributed by atoms with Crippen LogP contribution in [0.2, 0.25) is 0 Å². The summed E-state index contributed by atoms with van der Waals surface area (Å²) in [5.41, 5.74) is 0.923. The van der Waals surface area contributed by atoms with Gasteiger partial charge in [-0.2, -0.15) is 15.0 Å². The third kappa shape index (κ3) is 4.19. The van der Waals surface area contributed by atoms with Crippen molar-refractivity contribution in [1.29, 1.82) is 0 Å². The Bertz CT molecular complexity index is 578. The van der Waals surface area contributed by atoms with E-state index < -0.39 is 0 Å². The molecule has 0 aliphatic rings. The number of halogens is 1. The lowest BCUT2D eigenvalue weighted by Crippen LogP contribution is -2.07. The number of anilines is 3. The molecule has 1 aromatic heterocycles. The van der Waals surface area contributed by atoms with Crippen molar-refractivity contribution in [2.45, 2.75) is 13.3 Å². The molecule has 2 aromatic rings. The van der Waals surface area contributed by atoms with Crippen LogP contribution in [0.3, 0.4) is 0 Å². The van der Waals surface area contributed by atoms with Gasteiger partial charge in [0.1, 0.15) is 0 Å². The van der Waals surface area contributed by atoms with Gasteiger partial charge in [-0.1, -0.05) is 13.0 Å². The normalized spacial score (nSPS) is 10.2. The predicted molar refractivity (Wildman–Crippen MR) is 87.6 cm³/mol. The Hall–Kier alpha value is -1.64. The minimum atomic E-state index is 0.319. The van der Waals surface area contributed by atoms with Crippen molar-refractivity contribution in [2.75, 3.05) is 24.3 Å². The first-order valence-corrected chi connectivity index (χ1v) is 7.38. The number of rotatable bonds is 6. The quantitative estimate of drug-likeness (QED) is 0.745. The first-order valence-electron chi connectivity index (χ1n) is 6.30. The molecule has 6 nitrogen and oxygen atoms in total. The minimum Gasteiger partial charge on any atom is -0.463 e. The molecule has 2 rings (SSSR count). The van der Waals surface area contributed by atoms with E-state index in [9.17, 15) is 0 Å². The van der Waals surface area contributed by atoms with Crippen LogP contribution in [0.15, 0.2) is 24.3 Å². The molecule has 0 aliphatic carbocycles. The molecule has 0 spiro atoms. The third-order valence-corrected chi connectivity index (χ3v) is 3.03. The predicted octanol–water partition coefficient (Wildman–Crippen LogP) is 3.05. The Morgan fingerprint density at radius 2 is 2.00 bits per heavy atom. The average molecular weight is 385 g/mol. The first-order chi connectivity index (χ1) is 9.71. The molecule has 0 amide bonds. The molecule has 106 valence electrons. The topological polar surface area (TPSA) is 72.0 Å². The SMILES string of the molecule is CCCOc1nc(NC)nc(Nc2cccc(I)c2)n1. The van der Waals surface area contributed by atoms with Crippen LogP contribution in [0.25, 0.3) is 0 Å². The summed E-state index contributed by atoms with van der Waals surface area (Å²) < 4.78 is 6.59. The second-order valence-corrected chi connectivity index (χ2v) is 5.24. The van der Waals surface area contributed by atoms with Gasteiger partial charge in [-0.3, -0.25) is 0 Å². The van der Waals surface area contributed by atoms with E-state index in [0.29, 0.717) is 24.5 Å². The molecule has 0 bridgehead atoms. The molecule has 0 saturated carbocycles. The van der Waals surface area contributed by atoms with Crippen molar-refractivity contribution in [1.82, 2.24) is 15.0 Å². The highest BCUT2D eigenvalue weighted by Gasteiger charge is 2.07. The Morgan fingerprint density at radius 3 is 2.70 bits per heavy atom. The lowest BCUT2D eigenvalue weighted by molar-refractivity contribution is 0.292. The molecular formula is C13H16IN5O. The molecule has 0 saturated heterocycles. The second-order valence-electron chi connectivity index (χ2n) is 4.00. The van der Waals surface area contributed by atoms with Crippen LogP contribution in [0.5, 0.6) is 6.01 Å². The molecule has 0 radical (unpaired) electrons. The summed E-state index contributed by atoms with van der Waals surface area (Å²) in [6, 6.07) is 8.28. The number of nitrogens with one attached hydrogen (secondary N) is 2. The smallest absolute Gasteiger partial charge is 0.323 e. The van der Waals surface area contributed by atoms with Crippen molar-refractivity contribution >= 4 is 40.2 Å². The van der Waals surface area contributed by atoms with Crippen LogP contribution in [0, 0.1) is 3.57 Å². The van der Waals surface area contributed by atoms with Crippen LogP contribution in [-0.4, -0.2) is 28.6 Å². The molecule has 1 aromatic carbocycles. The highest BCUT2D eigenvalue weighted by molar-refractivity contribution is 14.1. The Kier molecular flexibility index (Phi) is 5.33. The van der Waals surface area contributed by atoms with Crippen molar-refractivity contribution < 1.29 is 4.74 Å². The van der Waals surface area contributed by atoms with Gasteiger partial charge >= 0.3 is 6.01 Å². The summed E-state index contributed by atoms with van der Waals surface area (Å²) in [5, 5.41) is 6.05. The van der Waals surface area contributed by atoms with Gasteiger partial charge in [-0.15, -0.1) is 0 Å². The van der Waals surface area contributed by atoms with Crippen molar-refractivity contribution in [3.05, 3.63) is 27.8 Å². The molecule has 0 unspecified atom stereocenters. The third-order valence-electron chi connectivity index (χ3n) is 2.35. The summed E-state index contributed by atoms with van der Waals surface area (Å²) in [4.78, 5) is 12.7. The zero-order chi connectivity index (χ0) is 14.4. The standard InChI is InChI=1S/C13H16IN5O/c1-3-7-20-13-18-11(15-2)17-12(19-13)16-10-6-4-5-9(14)8-10/h4-6,8H,3,7H2,1-2H3,(H2,15,16,17,18,19). The lowest BCUT2D eigenvalue weighted by atomic mass is 10.3. The zero-order valence-electron chi connectivity index (χ0n) is 11.4. The summed E-state index contributed by atoms with van der Waals surface area (Å²) in [5.74, 6) is 0.927. The molecule has 7 heteroatoms. The average Bonchev–Trinajstić information content (AvgIpc) is 2.45. The maximum absolute atomic E-state index is 5.46. The van der Waals surface area contributed by atoms with Gasteiger partial charge in [-0.25, -0.2) is 0 Å². The van der Waals surface area contributed by atoms with E-state index in [4.69, 9.17) is 4.74 Å². The van der Waals surface area contributed by atoms with Crippen molar-refractivity contribution in [2.24, 2.45) is 0 Å². The van der Waals surface area contributed by atoms with Crippen LogP contribution >= 0.6 is 22.6 Å². The summed E-state index contributed by atoms with van der Waals surface area (Å²) in [6.45, 7) is 2.61. The van der Waals surface area contributed by atoms with Gasteiger partial charge in [0.05, 0.1) is 6.61 Å². The largest absolute Gasteiger partial charge is 0.463 e. The van der Waals surface area contributed by atoms with Gasteiger partial charge in [0.2, 0.25) is 11.9 Å². The molecular weight excluding hydrogens is 369 g/mol. The number of benzene rings is 1. The second kappa shape index (κ2) is 7.22. The monoisotopic (exact) mass is 385 g/mol. The lowest BCUT2D eigenvalue weighted by Gasteiger charge is -2.09. The Morgan fingerprint density at radius 1 is 1.20 bits per heavy atom. The number of ether oxygens (including phenoxy) is 1. The van der Waals surface area contributed by atoms with Gasteiger partial charge in [0.15, 0.2) is 0 Å². The van der Waals surface area contributed by atoms with E-state index in [1.54, 1.807) is 7.05 Å². The molecule has 0 fully saturated rings. The van der Waals surface area contributed by atoms with Gasteiger partial charge in [0.25, 0.3) is 0 Å². The van der Waals surface area contributed by atoms with E-state index in [2.05, 4.69) is 48.2 Å². The van der Waals surface area contributed by atoms with E-state index >= 15 is 0 Å². The Balaban J connectivity index is 2.21. The number of hydrogen-bond donors (Lipinski definition) is 2.